The van der Waals surface area contributed by atoms with E-state index in [4.69, 9.17) is 0 Å². The fraction of sp³-hybridized carbons (Fsp3) is 0.833. The molecule has 0 fully saturated rings. The Kier molecular flexibility index (Phi) is 14.6. The van der Waals surface area contributed by atoms with Gasteiger partial charge in [0.1, 0.15) is 6.29 Å². The summed E-state index contributed by atoms with van der Waals surface area (Å²) in [6, 6.07) is 0. The Morgan fingerprint density at radius 2 is 2.33 bits per heavy atom. The topological polar surface area (TPSA) is 17.1 Å². The number of halogens is 1. The normalized spacial score (nSPS) is 11.8. The number of rotatable bonds is 4. The van der Waals surface area contributed by atoms with Gasteiger partial charge in [-0.3, -0.25) is 0 Å². The Hall–Kier alpha value is 1.79. The van der Waals surface area contributed by atoms with Crippen LogP contribution in [0.15, 0.2) is 0 Å². The second-order valence-corrected chi connectivity index (χ2v) is 2.97. The molecule has 9 heavy (non-hydrogen) atoms. The van der Waals surface area contributed by atoms with E-state index >= 15 is 0 Å². The summed E-state index contributed by atoms with van der Waals surface area (Å²) in [5, 5.41) is 0. The first-order valence-corrected chi connectivity index (χ1v) is 3.82. The van der Waals surface area contributed by atoms with Crippen molar-refractivity contribution in [2.45, 2.75) is 31.0 Å². The molecular formula is C6H12BrKO. The quantitative estimate of drug-likeness (QED) is 0.345. The molecule has 0 amide bonds. The zero-order chi connectivity index (χ0) is 6.41. The molecule has 0 spiro atoms. The molecule has 0 bridgehead atoms. The summed E-state index contributed by atoms with van der Waals surface area (Å²) in [6.07, 6.45) is 4.21. The average Bonchev–Trinajstić information content (AvgIpc) is 1.83. The van der Waals surface area contributed by atoms with Crippen LogP contribution in [0.3, 0.4) is 0 Å². The van der Waals surface area contributed by atoms with Crippen molar-refractivity contribution in [2.75, 3.05) is 0 Å². The van der Waals surface area contributed by atoms with Crippen molar-refractivity contribution in [3.05, 3.63) is 0 Å². The number of hydrogen-bond donors (Lipinski definition) is 0. The Bertz CT molecular complexity index is 72.8. The van der Waals surface area contributed by atoms with Gasteiger partial charge in [-0.25, -0.2) is 0 Å². The van der Waals surface area contributed by atoms with E-state index in [9.17, 15) is 4.79 Å². The van der Waals surface area contributed by atoms with Gasteiger partial charge in [-0.1, -0.05) is 35.7 Å². The third-order valence-corrected chi connectivity index (χ3v) is 1.65. The first kappa shape index (κ1) is 13.4. The van der Waals surface area contributed by atoms with Crippen LogP contribution in [0.25, 0.3) is 0 Å². The van der Waals surface area contributed by atoms with Gasteiger partial charge in [0.15, 0.2) is 0 Å². The van der Waals surface area contributed by atoms with Gasteiger partial charge in [0.05, 0.1) is 4.83 Å². The molecule has 3 heteroatoms. The molecule has 0 aliphatic rings. The maximum Gasteiger partial charge on any atom is 1.00 e. The van der Waals surface area contributed by atoms with Crippen molar-refractivity contribution >= 4 is 22.2 Å². The molecule has 0 radical (unpaired) electrons. The van der Waals surface area contributed by atoms with Crippen LogP contribution < -0.4 is 51.4 Å². The standard InChI is InChI=1S/C6H11BrO.K.H/c1-2-3-4-6(7)5-8;;/h5-6H,2-4H2,1H3;;/q;+1;-1. The summed E-state index contributed by atoms with van der Waals surface area (Å²) in [5.74, 6) is 0. The van der Waals surface area contributed by atoms with Crippen molar-refractivity contribution < 1.29 is 57.6 Å². The molecule has 50 valence electrons. The van der Waals surface area contributed by atoms with Crippen LogP contribution in [0.4, 0.5) is 0 Å². The zero-order valence-corrected chi connectivity index (χ0v) is 10.8. The molecule has 0 aliphatic carbocycles. The minimum atomic E-state index is 0. The van der Waals surface area contributed by atoms with Crippen LogP contribution in [-0.4, -0.2) is 11.1 Å². The van der Waals surface area contributed by atoms with E-state index in [1.54, 1.807) is 0 Å². The van der Waals surface area contributed by atoms with Crippen molar-refractivity contribution in [1.29, 1.82) is 0 Å². The molecule has 1 nitrogen and oxygen atoms in total. The third kappa shape index (κ3) is 9.79. The fourth-order valence-corrected chi connectivity index (χ4v) is 0.791. The number of unbranched alkanes of at least 4 members (excludes halogenated alkanes) is 1. The molecule has 0 N–H and O–H groups in total. The Labute approximate surface area is 109 Å². The third-order valence-electron chi connectivity index (χ3n) is 0.981. The predicted octanol–water partition coefficient (Wildman–Crippen LogP) is -0.745. The summed E-state index contributed by atoms with van der Waals surface area (Å²) < 4.78 is 0. The molecule has 0 aromatic carbocycles. The fourth-order valence-electron chi connectivity index (χ4n) is 0.467. The van der Waals surface area contributed by atoms with E-state index in [0.717, 1.165) is 25.5 Å². The Balaban J connectivity index is -0.000000245. The second kappa shape index (κ2) is 9.79. The van der Waals surface area contributed by atoms with Gasteiger partial charge in [0, 0.05) is 0 Å². The van der Waals surface area contributed by atoms with Crippen LogP contribution in [0, 0.1) is 0 Å². The largest absolute Gasteiger partial charge is 1.00 e. The summed E-state index contributed by atoms with van der Waals surface area (Å²) in [4.78, 5) is 10.0. The van der Waals surface area contributed by atoms with Crippen LogP contribution in [0.2, 0.25) is 0 Å². The van der Waals surface area contributed by atoms with E-state index in [1.807, 2.05) is 0 Å². The van der Waals surface area contributed by atoms with E-state index in [0.29, 0.717) is 0 Å². The van der Waals surface area contributed by atoms with Gasteiger partial charge in [-0.15, -0.1) is 0 Å². The van der Waals surface area contributed by atoms with E-state index in [-0.39, 0.29) is 57.6 Å². The van der Waals surface area contributed by atoms with Crippen molar-refractivity contribution in [2.24, 2.45) is 0 Å². The molecule has 0 rings (SSSR count). The number of aldehydes is 1. The van der Waals surface area contributed by atoms with Gasteiger partial charge in [-0.2, -0.15) is 0 Å². The molecule has 1 unspecified atom stereocenters. The van der Waals surface area contributed by atoms with Crippen LogP contribution in [0.1, 0.15) is 27.6 Å². The predicted molar refractivity (Wildman–Crippen MR) is 39.4 cm³/mol. The van der Waals surface area contributed by atoms with E-state index in [1.165, 1.54) is 0 Å². The maximum absolute atomic E-state index is 9.96. The SMILES string of the molecule is CCCCC(Br)C=O.[H-].[K+]. The van der Waals surface area contributed by atoms with E-state index in [2.05, 4.69) is 22.9 Å². The minimum absolute atomic E-state index is 0. The van der Waals surface area contributed by atoms with Gasteiger partial charge in [0.25, 0.3) is 0 Å². The number of carbonyl (C=O) groups is 1. The zero-order valence-electron chi connectivity index (χ0n) is 7.06. The van der Waals surface area contributed by atoms with Gasteiger partial charge < -0.3 is 6.22 Å². The van der Waals surface area contributed by atoms with Crippen LogP contribution in [0.5, 0.6) is 0 Å². The van der Waals surface area contributed by atoms with Crippen molar-refractivity contribution in [3.63, 3.8) is 0 Å². The molecule has 0 heterocycles. The monoisotopic (exact) mass is 218 g/mol. The summed E-state index contributed by atoms with van der Waals surface area (Å²) in [6.45, 7) is 2.12. The van der Waals surface area contributed by atoms with Crippen LogP contribution >= 0.6 is 15.9 Å². The Morgan fingerprint density at radius 1 is 1.78 bits per heavy atom. The minimum Gasteiger partial charge on any atom is -1.00 e. The number of alkyl halides is 1. The molecule has 1 atom stereocenters. The van der Waals surface area contributed by atoms with Crippen molar-refractivity contribution in [3.8, 4) is 0 Å². The van der Waals surface area contributed by atoms with Gasteiger partial charge in [-0.05, 0) is 6.42 Å². The number of hydrogen-bond acceptors (Lipinski definition) is 1. The van der Waals surface area contributed by atoms with E-state index < -0.39 is 0 Å². The molecule has 0 aromatic rings. The second-order valence-electron chi connectivity index (χ2n) is 1.79. The van der Waals surface area contributed by atoms with Crippen molar-refractivity contribution in [1.82, 2.24) is 0 Å². The van der Waals surface area contributed by atoms with Crippen LogP contribution in [-0.2, 0) is 4.79 Å². The Morgan fingerprint density at radius 3 is 2.67 bits per heavy atom. The molecule has 0 aliphatic heterocycles. The number of carbonyl (C=O) groups excluding carboxylic acids is 1. The summed E-state index contributed by atoms with van der Waals surface area (Å²) >= 11 is 3.21. The first-order valence-electron chi connectivity index (χ1n) is 2.90. The molecule has 0 saturated carbocycles. The average molecular weight is 219 g/mol. The maximum atomic E-state index is 9.96. The molecular weight excluding hydrogens is 207 g/mol. The smallest absolute Gasteiger partial charge is 1.00 e. The summed E-state index contributed by atoms with van der Waals surface area (Å²) in [5.41, 5.74) is 0. The summed E-state index contributed by atoms with van der Waals surface area (Å²) in [7, 11) is 0. The van der Waals surface area contributed by atoms with Gasteiger partial charge in [0.2, 0.25) is 0 Å². The molecule has 0 saturated heterocycles. The first-order chi connectivity index (χ1) is 3.81. The van der Waals surface area contributed by atoms with Gasteiger partial charge >= 0.3 is 51.4 Å². The molecule has 0 aromatic heterocycles.